The molecule has 0 spiro atoms. The summed E-state index contributed by atoms with van der Waals surface area (Å²) in [6.45, 7) is 3.55. The van der Waals surface area contributed by atoms with Gasteiger partial charge in [0.2, 0.25) is 0 Å². The Morgan fingerprint density at radius 2 is 1.50 bits per heavy atom. The number of aromatic nitrogens is 1. The Balaban J connectivity index is 3.01. The summed E-state index contributed by atoms with van der Waals surface area (Å²) in [5.74, 6) is -0.0634. The van der Waals surface area contributed by atoms with E-state index in [0.29, 0.717) is 24.2 Å². The molecule has 0 aromatic carbocycles. The van der Waals surface area contributed by atoms with Crippen LogP contribution in [0.25, 0.3) is 0 Å². The zero-order valence-electron chi connectivity index (χ0n) is 8.41. The summed E-state index contributed by atoms with van der Waals surface area (Å²) in [4.78, 5) is 26.6. The minimum Gasteiger partial charge on any atom is -0.292 e. The van der Waals surface area contributed by atoms with E-state index in [1.807, 2.05) is 0 Å². The molecule has 1 heterocycles. The molecular weight excluding hydrogens is 178 g/mol. The molecule has 0 aliphatic rings. The highest BCUT2D eigenvalue weighted by atomic mass is 16.1. The lowest BCUT2D eigenvalue weighted by molar-refractivity contribution is 0.0979. The lowest BCUT2D eigenvalue weighted by Gasteiger charge is -2.00. The van der Waals surface area contributed by atoms with Crippen LogP contribution in [-0.2, 0) is 0 Å². The average Bonchev–Trinajstić information content (AvgIpc) is 2.27. The number of ketones is 2. The largest absolute Gasteiger partial charge is 0.292 e. The van der Waals surface area contributed by atoms with Crippen molar-refractivity contribution < 1.29 is 9.59 Å². The fourth-order valence-corrected chi connectivity index (χ4v) is 1.11. The molecule has 3 heteroatoms. The summed E-state index contributed by atoms with van der Waals surface area (Å²) in [7, 11) is 0. The van der Waals surface area contributed by atoms with Crippen LogP contribution < -0.4 is 0 Å². The van der Waals surface area contributed by atoms with Crippen molar-refractivity contribution in [2.24, 2.45) is 0 Å². The lowest BCUT2D eigenvalue weighted by atomic mass is 10.1. The molecule has 14 heavy (non-hydrogen) atoms. The minimum absolute atomic E-state index is 0.0317. The van der Waals surface area contributed by atoms with Gasteiger partial charge in [-0.2, -0.15) is 0 Å². The highest BCUT2D eigenvalue weighted by Gasteiger charge is 2.08. The Morgan fingerprint density at radius 1 is 1.07 bits per heavy atom. The predicted octanol–water partition coefficient (Wildman–Crippen LogP) is 2.27. The van der Waals surface area contributed by atoms with Crippen LogP contribution in [0.5, 0.6) is 0 Å². The second-order valence-electron chi connectivity index (χ2n) is 2.96. The first-order valence-corrected chi connectivity index (χ1v) is 4.72. The van der Waals surface area contributed by atoms with Crippen LogP contribution in [0.1, 0.15) is 47.7 Å². The first-order chi connectivity index (χ1) is 6.69. The van der Waals surface area contributed by atoms with Crippen molar-refractivity contribution in [2.45, 2.75) is 26.7 Å². The normalized spacial score (nSPS) is 9.86. The quantitative estimate of drug-likeness (QED) is 0.686. The van der Waals surface area contributed by atoms with Crippen LogP contribution in [0.15, 0.2) is 18.2 Å². The van der Waals surface area contributed by atoms with Crippen LogP contribution in [-0.4, -0.2) is 16.6 Å². The van der Waals surface area contributed by atoms with E-state index in [2.05, 4.69) is 4.98 Å². The van der Waals surface area contributed by atoms with Crippen LogP contribution >= 0.6 is 0 Å². The minimum atomic E-state index is -0.0317. The van der Waals surface area contributed by atoms with E-state index in [1.54, 1.807) is 32.0 Å². The number of pyridine rings is 1. The molecular formula is C11H13NO2. The van der Waals surface area contributed by atoms with Crippen LogP contribution in [0.2, 0.25) is 0 Å². The molecule has 0 aliphatic carbocycles. The van der Waals surface area contributed by atoms with E-state index >= 15 is 0 Å². The van der Waals surface area contributed by atoms with E-state index < -0.39 is 0 Å². The van der Waals surface area contributed by atoms with Crippen molar-refractivity contribution in [3.63, 3.8) is 0 Å². The third kappa shape index (κ3) is 2.25. The molecule has 0 saturated carbocycles. The topological polar surface area (TPSA) is 47.0 Å². The Kier molecular flexibility index (Phi) is 3.51. The molecule has 0 N–H and O–H groups in total. The van der Waals surface area contributed by atoms with Crippen molar-refractivity contribution in [1.82, 2.24) is 4.98 Å². The van der Waals surface area contributed by atoms with Crippen molar-refractivity contribution in [1.29, 1.82) is 0 Å². The Hall–Kier alpha value is -1.51. The summed E-state index contributed by atoms with van der Waals surface area (Å²) in [6, 6.07) is 4.97. The Bertz CT molecular complexity index is 327. The van der Waals surface area contributed by atoms with Gasteiger partial charge in [0, 0.05) is 12.8 Å². The number of nitrogens with zero attached hydrogens (tertiary/aromatic N) is 1. The first kappa shape index (κ1) is 10.6. The fourth-order valence-electron chi connectivity index (χ4n) is 1.11. The average molecular weight is 191 g/mol. The van der Waals surface area contributed by atoms with Gasteiger partial charge in [-0.05, 0) is 12.1 Å². The molecule has 1 rings (SSSR count). The van der Waals surface area contributed by atoms with Gasteiger partial charge in [0.1, 0.15) is 11.4 Å². The predicted molar refractivity (Wildman–Crippen MR) is 53.5 cm³/mol. The number of hydrogen-bond acceptors (Lipinski definition) is 3. The molecule has 0 radical (unpaired) electrons. The van der Waals surface area contributed by atoms with Gasteiger partial charge in [-0.3, -0.25) is 9.59 Å². The van der Waals surface area contributed by atoms with Crippen molar-refractivity contribution >= 4 is 11.6 Å². The van der Waals surface area contributed by atoms with Gasteiger partial charge in [0.25, 0.3) is 0 Å². The monoisotopic (exact) mass is 191 g/mol. The molecule has 0 saturated heterocycles. The number of carbonyl (C=O) groups is 2. The number of rotatable bonds is 4. The molecule has 74 valence electrons. The molecule has 1 aromatic heterocycles. The molecule has 1 aromatic rings. The number of carbonyl (C=O) groups excluding carboxylic acids is 2. The maximum atomic E-state index is 11.3. The molecule has 0 unspecified atom stereocenters. The van der Waals surface area contributed by atoms with Crippen molar-refractivity contribution in [2.75, 3.05) is 0 Å². The van der Waals surface area contributed by atoms with Gasteiger partial charge in [0.15, 0.2) is 11.6 Å². The molecule has 0 fully saturated rings. The van der Waals surface area contributed by atoms with Crippen LogP contribution in [0.3, 0.4) is 0 Å². The van der Waals surface area contributed by atoms with Crippen LogP contribution in [0.4, 0.5) is 0 Å². The SMILES string of the molecule is CCC(=O)c1cccc(C(=O)CC)n1. The number of Topliss-reactive ketones (excluding diaryl/α,β-unsaturated/α-hetero) is 2. The van der Waals surface area contributed by atoms with Gasteiger partial charge in [-0.15, -0.1) is 0 Å². The lowest BCUT2D eigenvalue weighted by Crippen LogP contribution is -2.06. The zero-order valence-corrected chi connectivity index (χ0v) is 8.41. The van der Waals surface area contributed by atoms with Gasteiger partial charge >= 0.3 is 0 Å². The molecule has 0 aliphatic heterocycles. The van der Waals surface area contributed by atoms with Gasteiger partial charge in [-0.1, -0.05) is 19.9 Å². The van der Waals surface area contributed by atoms with Crippen molar-refractivity contribution in [3.05, 3.63) is 29.6 Å². The smallest absolute Gasteiger partial charge is 0.180 e. The summed E-state index contributed by atoms with van der Waals surface area (Å²) < 4.78 is 0. The highest BCUT2D eigenvalue weighted by molar-refractivity contribution is 5.97. The van der Waals surface area contributed by atoms with E-state index in [0.717, 1.165) is 0 Å². The molecule has 0 amide bonds. The van der Waals surface area contributed by atoms with E-state index in [4.69, 9.17) is 0 Å². The maximum absolute atomic E-state index is 11.3. The van der Waals surface area contributed by atoms with Crippen molar-refractivity contribution in [3.8, 4) is 0 Å². The summed E-state index contributed by atoms with van der Waals surface area (Å²) in [5.41, 5.74) is 0.763. The highest BCUT2D eigenvalue weighted by Crippen LogP contribution is 2.04. The van der Waals surface area contributed by atoms with Gasteiger partial charge in [0.05, 0.1) is 0 Å². The molecule has 0 atom stereocenters. The molecule has 0 bridgehead atoms. The summed E-state index contributed by atoms with van der Waals surface area (Å²) >= 11 is 0. The second kappa shape index (κ2) is 4.65. The Morgan fingerprint density at radius 3 is 1.86 bits per heavy atom. The first-order valence-electron chi connectivity index (χ1n) is 4.72. The third-order valence-electron chi connectivity index (χ3n) is 1.96. The Labute approximate surface area is 83.2 Å². The fraction of sp³-hybridized carbons (Fsp3) is 0.364. The second-order valence-corrected chi connectivity index (χ2v) is 2.96. The maximum Gasteiger partial charge on any atom is 0.180 e. The van der Waals surface area contributed by atoms with E-state index in [1.165, 1.54) is 0 Å². The molecule has 3 nitrogen and oxygen atoms in total. The third-order valence-corrected chi connectivity index (χ3v) is 1.96. The van der Waals surface area contributed by atoms with Crippen LogP contribution in [0, 0.1) is 0 Å². The summed E-state index contributed by atoms with van der Waals surface area (Å²) in [5, 5.41) is 0. The summed E-state index contributed by atoms with van der Waals surface area (Å²) in [6.07, 6.45) is 0.827. The zero-order chi connectivity index (χ0) is 10.6. The van der Waals surface area contributed by atoms with E-state index in [9.17, 15) is 9.59 Å². The van der Waals surface area contributed by atoms with E-state index in [-0.39, 0.29) is 11.6 Å². The van der Waals surface area contributed by atoms with Gasteiger partial charge < -0.3 is 0 Å². The van der Waals surface area contributed by atoms with Gasteiger partial charge in [-0.25, -0.2) is 4.98 Å². The number of hydrogen-bond donors (Lipinski definition) is 0. The standard InChI is InChI=1S/C11H13NO2/c1-3-10(13)8-6-5-7-9(12-8)11(14)4-2/h5-7H,3-4H2,1-2H3.